The van der Waals surface area contributed by atoms with Crippen LogP contribution in [0.5, 0.6) is 0 Å². The third kappa shape index (κ3) is 7.18. The molecule has 2 aromatic rings. The monoisotopic (exact) mass is 488 g/mol. The van der Waals surface area contributed by atoms with Gasteiger partial charge in [-0.3, -0.25) is 9.59 Å². The van der Waals surface area contributed by atoms with Gasteiger partial charge in [-0.05, 0) is 54.1 Å². The molecule has 1 aliphatic rings. The van der Waals surface area contributed by atoms with Gasteiger partial charge in [0, 0.05) is 30.9 Å². The molecule has 2 aromatic carbocycles. The molecule has 0 radical (unpaired) electrons. The maximum absolute atomic E-state index is 12.4. The molecule has 0 aromatic heterocycles. The fourth-order valence-corrected chi connectivity index (χ4v) is 4.32. The summed E-state index contributed by atoms with van der Waals surface area (Å²) in [5.74, 6) is -1.10. The molecule has 0 bridgehead atoms. The van der Waals surface area contributed by atoms with E-state index in [2.05, 4.69) is 20.0 Å². The smallest absolute Gasteiger partial charge is 0.327 e. The Bertz CT molecular complexity index is 1120. The van der Waals surface area contributed by atoms with Crippen molar-refractivity contribution in [2.24, 2.45) is 16.5 Å². The molecule has 1 heterocycles. The standard InChI is InChI=1S/C22H28N6O5S/c23-22(24)26-17-5-4-14-28(15-17)18-10-8-16(9-11-18)21(30)25-13-12-20(29)33-27-34(31,32)19-6-2-1-3-7-19/h1-3,6-11,17,27H,4-5,12-15H2,(H,25,30)(H4,23,24,26)/t17-/m0/s1. The molecule has 34 heavy (non-hydrogen) atoms. The molecule has 0 unspecified atom stereocenters. The normalized spacial score (nSPS) is 15.9. The van der Waals surface area contributed by atoms with Crippen LogP contribution >= 0.6 is 0 Å². The number of carbonyl (C=O) groups is 2. The van der Waals surface area contributed by atoms with E-state index in [0.29, 0.717) is 12.1 Å². The van der Waals surface area contributed by atoms with Crippen LogP contribution in [0.1, 0.15) is 29.6 Å². The summed E-state index contributed by atoms with van der Waals surface area (Å²) >= 11 is 0. The second-order valence-electron chi connectivity index (χ2n) is 7.72. The van der Waals surface area contributed by atoms with Crippen LogP contribution in [0.25, 0.3) is 0 Å². The molecule has 1 atom stereocenters. The summed E-state index contributed by atoms with van der Waals surface area (Å²) in [7, 11) is -3.97. The van der Waals surface area contributed by atoms with Crippen LogP contribution in [0.4, 0.5) is 5.69 Å². The van der Waals surface area contributed by atoms with Gasteiger partial charge in [-0.15, -0.1) is 0 Å². The summed E-state index contributed by atoms with van der Waals surface area (Å²) < 4.78 is 24.1. The highest BCUT2D eigenvalue weighted by molar-refractivity contribution is 7.89. The third-order valence-electron chi connectivity index (χ3n) is 5.16. The number of rotatable bonds is 9. The van der Waals surface area contributed by atoms with Crippen molar-refractivity contribution in [1.29, 1.82) is 0 Å². The van der Waals surface area contributed by atoms with Crippen molar-refractivity contribution in [3.05, 3.63) is 60.2 Å². The van der Waals surface area contributed by atoms with Crippen molar-refractivity contribution in [3.8, 4) is 0 Å². The Balaban J connectivity index is 1.43. The molecule has 3 rings (SSSR count). The van der Waals surface area contributed by atoms with Gasteiger partial charge in [0.15, 0.2) is 5.96 Å². The lowest BCUT2D eigenvalue weighted by Crippen LogP contribution is -2.39. The summed E-state index contributed by atoms with van der Waals surface area (Å²) in [6.07, 6.45) is 1.67. The van der Waals surface area contributed by atoms with Crippen LogP contribution in [-0.2, 0) is 19.7 Å². The van der Waals surface area contributed by atoms with Crippen LogP contribution < -0.4 is 26.6 Å². The number of amides is 1. The minimum absolute atomic E-state index is 0.0151. The average molecular weight is 489 g/mol. The largest absolute Gasteiger partial charge is 0.370 e. The van der Waals surface area contributed by atoms with Crippen LogP contribution in [0.15, 0.2) is 64.5 Å². The number of guanidine groups is 1. The number of nitrogens with two attached hydrogens (primary N) is 2. The first-order valence-corrected chi connectivity index (χ1v) is 12.2. The van der Waals surface area contributed by atoms with E-state index >= 15 is 0 Å². The second-order valence-corrected chi connectivity index (χ2v) is 9.37. The zero-order valence-electron chi connectivity index (χ0n) is 18.5. The topological polar surface area (TPSA) is 169 Å². The number of aliphatic imine (C=N–C) groups is 1. The van der Waals surface area contributed by atoms with Crippen molar-refractivity contribution in [3.63, 3.8) is 0 Å². The minimum atomic E-state index is -3.97. The number of nitrogens with zero attached hydrogens (tertiary/aromatic N) is 2. The highest BCUT2D eigenvalue weighted by Crippen LogP contribution is 2.22. The minimum Gasteiger partial charge on any atom is -0.370 e. The van der Waals surface area contributed by atoms with Gasteiger partial charge in [-0.1, -0.05) is 18.2 Å². The number of nitrogens with one attached hydrogen (secondary N) is 2. The van der Waals surface area contributed by atoms with E-state index in [9.17, 15) is 18.0 Å². The lowest BCUT2D eigenvalue weighted by Gasteiger charge is -2.32. The van der Waals surface area contributed by atoms with E-state index in [4.69, 9.17) is 11.5 Å². The zero-order chi connectivity index (χ0) is 24.6. The molecule has 11 nitrogen and oxygen atoms in total. The van der Waals surface area contributed by atoms with Crippen LogP contribution in [0, 0.1) is 0 Å². The predicted octanol–water partition coefficient (Wildman–Crippen LogP) is 0.485. The summed E-state index contributed by atoms with van der Waals surface area (Å²) in [6.45, 7) is 1.55. The van der Waals surface area contributed by atoms with Gasteiger partial charge in [0.25, 0.3) is 15.9 Å². The molecule has 0 saturated carbocycles. The van der Waals surface area contributed by atoms with Crippen LogP contribution in [0.2, 0.25) is 0 Å². The van der Waals surface area contributed by atoms with Gasteiger partial charge in [-0.2, -0.15) is 0 Å². The third-order valence-corrected chi connectivity index (χ3v) is 6.35. The fraction of sp³-hybridized carbons (Fsp3) is 0.318. The molecule has 12 heteroatoms. The second kappa shape index (κ2) is 11.5. The average Bonchev–Trinajstić information content (AvgIpc) is 2.83. The molecular formula is C22H28N6O5S. The van der Waals surface area contributed by atoms with E-state index in [0.717, 1.165) is 25.1 Å². The first-order chi connectivity index (χ1) is 16.2. The summed E-state index contributed by atoms with van der Waals surface area (Å²) in [5.41, 5.74) is 12.4. The van der Waals surface area contributed by atoms with E-state index in [-0.39, 0.29) is 35.8 Å². The molecular weight excluding hydrogens is 460 g/mol. The molecule has 0 aliphatic carbocycles. The molecule has 6 N–H and O–H groups in total. The predicted molar refractivity (Wildman–Crippen MR) is 127 cm³/mol. The quantitative estimate of drug-likeness (QED) is 0.224. The van der Waals surface area contributed by atoms with Gasteiger partial charge >= 0.3 is 5.97 Å². The highest BCUT2D eigenvalue weighted by Gasteiger charge is 2.20. The first-order valence-electron chi connectivity index (χ1n) is 10.7. The van der Waals surface area contributed by atoms with Crippen molar-refractivity contribution < 1.29 is 22.8 Å². The first kappa shape index (κ1) is 25.0. The number of hydrogen-bond donors (Lipinski definition) is 4. The van der Waals surface area contributed by atoms with Gasteiger partial charge in [0.2, 0.25) is 0 Å². The lowest BCUT2D eigenvalue weighted by molar-refractivity contribution is -0.146. The van der Waals surface area contributed by atoms with Gasteiger partial charge in [-0.25, -0.2) is 13.4 Å². The molecule has 1 fully saturated rings. The Labute approximate surface area is 198 Å². The number of sulfonamides is 1. The molecule has 182 valence electrons. The Morgan fingerprint density at radius 1 is 1.09 bits per heavy atom. The summed E-state index contributed by atoms with van der Waals surface area (Å²) in [5, 5.41) is 2.61. The Hall–Kier alpha value is -3.64. The number of hydrogen-bond acceptors (Lipinski definition) is 7. The Morgan fingerprint density at radius 3 is 2.47 bits per heavy atom. The number of benzene rings is 2. The van der Waals surface area contributed by atoms with Gasteiger partial charge < -0.3 is 26.5 Å². The van der Waals surface area contributed by atoms with E-state index in [1.165, 1.54) is 12.1 Å². The van der Waals surface area contributed by atoms with Crippen molar-refractivity contribution in [2.45, 2.75) is 30.2 Å². The maximum atomic E-state index is 12.4. The summed E-state index contributed by atoms with van der Waals surface area (Å²) in [4.78, 5) is 36.9. The van der Waals surface area contributed by atoms with E-state index in [1.807, 2.05) is 12.1 Å². The van der Waals surface area contributed by atoms with Gasteiger partial charge in [0.05, 0.1) is 17.4 Å². The van der Waals surface area contributed by atoms with Crippen molar-refractivity contribution >= 4 is 33.5 Å². The molecule has 1 amide bonds. The molecule has 1 saturated heterocycles. The Kier molecular flexibility index (Phi) is 8.44. The van der Waals surface area contributed by atoms with Crippen LogP contribution in [-0.4, -0.2) is 51.9 Å². The van der Waals surface area contributed by atoms with Crippen LogP contribution in [0.3, 0.4) is 0 Å². The molecule has 0 spiro atoms. The summed E-state index contributed by atoms with van der Waals surface area (Å²) in [6, 6.07) is 14.6. The number of carbonyl (C=O) groups excluding carboxylic acids is 2. The fourth-order valence-electron chi connectivity index (χ4n) is 3.51. The zero-order valence-corrected chi connectivity index (χ0v) is 19.3. The van der Waals surface area contributed by atoms with E-state index < -0.39 is 16.0 Å². The molecule has 1 aliphatic heterocycles. The SMILES string of the molecule is NC(N)=N[C@H]1CCCN(c2ccc(C(=O)NCCC(=O)ONS(=O)(=O)c3ccccc3)cc2)C1. The number of anilines is 1. The van der Waals surface area contributed by atoms with Gasteiger partial charge in [0.1, 0.15) is 0 Å². The van der Waals surface area contributed by atoms with Crippen molar-refractivity contribution in [1.82, 2.24) is 10.2 Å². The van der Waals surface area contributed by atoms with Crippen molar-refractivity contribution in [2.75, 3.05) is 24.5 Å². The Morgan fingerprint density at radius 2 is 1.79 bits per heavy atom. The maximum Gasteiger partial charge on any atom is 0.327 e. The highest BCUT2D eigenvalue weighted by atomic mass is 32.2. The number of piperidine rings is 1. The lowest BCUT2D eigenvalue weighted by atomic mass is 10.0. The van der Waals surface area contributed by atoms with E-state index in [1.54, 1.807) is 35.2 Å².